The third-order valence-electron chi connectivity index (χ3n) is 3.35. The van der Waals surface area contributed by atoms with Crippen LogP contribution in [0.1, 0.15) is 0 Å². The molecule has 0 aliphatic carbocycles. The monoisotopic (exact) mass is 289 g/mol. The van der Waals surface area contributed by atoms with Gasteiger partial charge in [-0.25, -0.2) is 4.98 Å². The van der Waals surface area contributed by atoms with Crippen molar-refractivity contribution < 1.29 is 0 Å². The number of rotatable bonds is 2. The van der Waals surface area contributed by atoms with Crippen molar-refractivity contribution in [3.63, 3.8) is 0 Å². The summed E-state index contributed by atoms with van der Waals surface area (Å²) in [4.78, 5) is 5.45. The van der Waals surface area contributed by atoms with Crippen LogP contribution in [-0.2, 0) is 0 Å². The molecule has 0 N–H and O–H groups in total. The minimum atomic E-state index is 0.675. The van der Waals surface area contributed by atoms with Gasteiger partial charge in [0.05, 0.1) is 11.1 Å². The summed E-state index contributed by atoms with van der Waals surface area (Å²) in [6.45, 7) is 0. The highest BCUT2D eigenvalue weighted by atomic mass is 32.1. The Hall–Kier alpha value is -2.59. The first-order valence-corrected chi connectivity index (χ1v) is 7.51. The van der Waals surface area contributed by atoms with Gasteiger partial charge in [-0.15, -0.1) is 21.5 Å². The van der Waals surface area contributed by atoms with Crippen molar-refractivity contribution in [2.45, 2.75) is 0 Å². The van der Waals surface area contributed by atoms with Crippen LogP contribution in [0, 0.1) is 0 Å². The molecular weight excluding hydrogens is 278 g/mol. The molecule has 0 radical (unpaired) electrons. The molecule has 21 heavy (non-hydrogen) atoms. The van der Waals surface area contributed by atoms with Crippen LogP contribution in [0.2, 0.25) is 0 Å². The molecule has 0 atom stereocenters. The maximum Gasteiger partial charge on any atom is 0.191 e. The molecule has 0 amide bonds. The first kappa shape index (κ1) is 12.2. The lowest BCUT2D eigenvalue weighted by Crippen LogP contribution is -1.93. The molecule has 0 saturated heterocycles. The minimum absolute atomic E-state index is 0.675. The molecule has 0 saturated carbocycles. The number of hydrogen-bond acceptors (Lipinski definition) is 4. The highest BCUT2D eigenvalue weighted by Gasteiger charge is 2.06. The molecule has 0 aliphatic rings. The van der Waals surface area contributed by atoms with Crippen molar-refractivity contribution in [1.82, 2.24) is 15.2 Å². The summed E-state index contributed by atoms with van der Waals surface area (Å²) in [6.07, 6.45) is 1.78. The van der Waals surface area contributed by atoms with Crippen LogP contribution in [-0.4, -0.2) is 15.2 Å². The smallest absolute Gasteiger partial charge is 0.191 e. The van der Waals surface area contributed by atoms with E-state index in [1.165, 1.54) is 10.8 Å². The molecule has 0 fully saturated rings. The predicted octanol–water partition coefficient (Wildman–Crippen LogP) is 4.42. The van der Waals surface area contributed by atoms with E-state index in [9.17, 15) is 0 Å². The molecule has 3 nitrogen and oxygen atoms in total. The number of hydrogen-bond donors (Lipinski definition) is 0. The Morgan fingerprint density at radius 1 is 0.810 bits per heavy atom. The quantitative estimate of drug-likeness (QED) is 0.548. The molecule has 100 valence electrons. The van der Waals surface area contributed by atoms with Gasteiger partial charge in [-0.2, -0.15) is 0 Å². The molecule has 0 aliphatic heterocycles. The van der Waals surface area contributed by atoms with Gasteiger partial charge in [0.1, 0.15) is 5.69 Å². The number of benzene rings is 2. The topological polar surface area (TPSA) is 38.7 Å². The maximum absolute atomic E-state index is 4.41. The minimum Gasteiger partial charge on any atom is -0.232 e. The van der Waals surface area contributed by atoms with Gasteiger partial charge in [0.15, 0.2) is 5.82 Å². The Morgan fingerprint density at radius 3 is 2.48 bits per heavy atom. The van der Waals surface area contributed by atoms with Crippen LogP contribution in [0.4, 0.5) is 0 Å². The Morgan fingerprint density at radius 2 is 1.71 bits per heavy atom. The van der Waals surface area contributed by atoms with Crippen LogP contribution in [0.5, 0.6) is 0 Å². The second-order valence-electron chi connectivity index (χ2n) is 4.71. The van der Waals surface area contributed by atoms with Crippen LogP contribution < -0.4 is 0 Å². The average molecular weight is 289 g/mol. The van der Waals surface area contributed by atoms with Crippen LogP contribution in [0.25, 0.3) is 32.7 Å². The number of fused-ring (bicyclic) bond motifs is 1. The van der Waals surface area contributed by atoms with Gasteiger partial charge >= 0.3 is 0 Å². The Balaban J connectivity index is 1.74. The SMILES string of the molecule is c1csc(-c2ncc(-c3ccc4ccccc4c3)nn2)c1. The van der Waals surface area contributed by atoms with E-state index < -0.39 is 0 Å². The molecule has 2 aromatic heterocycles. The summed E-state index contributed by atoms with van der Waals surface area (Å²) in [7, 11) is 0. The van der Waals surface area contributed by atoms with Crippen LogP contribution >= 0.6 is 11.3 Å². The van der Waals surface area contributed by atoms with Gasteiger partial charge in [-0.1, -0.05) is 42.5 Å². The Labute approximate surface area is 125 Å². The average Bonchev–Trinajstić information content (AvgIpc) is 3.09. The van der Waals surface area contributed by atoms with Gasteiger partial charge in [-0.3, -0.25) is 0 Å². The standard InChI is InChI=1S/C17H11N3S/c1-2-5-13-10-14(8-7-12(13)4-1)15-11-18-17(20-19-15)16-6-3-9-21-16/h1-11H. The summed E-state index contributed by atoms with van der Waals surface area (Å²) < 4.78 is 0. The Bertz CT molecular complexity index is 883. The highest BCUT2D eigenvalue weighted by molar-refractivity contribution is 7.13. The molecule has 4 heteroatoms. The molecule has 4 rings (SSSR count). The number of nitrogens with zero attached hydrogens (tertiary/aromatic N) is 3. The van der Waals surface area contributed by atoms with E-state index in [1.54, 1.807) is 17.5 Å². The molecule has 0 spiro atoms. The predicted molar refractivity (Wildman–Crippen MR) is 86.1 cm³/mol. The van der Waals surface area contributed by atoms with E-state index >= 15 is 0 Å². The zero-order valence-corrected chi connectivity index (χ0v) is 11.9. The van der Waals surface area contributed by atoms with Crippen molar-refractivity contribution in [2.24, 2.45) is 0 Å². The molecule has 2 aromatic carbocycles. The number of thiophene rings is 1. The molecule has 2 heterocycles. The molecule has 4 aromatic rings. The first-order valence-electron chi connectivity index (χ1n) is 6.63. The Kier molecular flexibility index (Phi) is 2.94. The first-order chi connectivity index (χ1) is 10.4. The number of aromatic nitrogens is 3. The molecule has 0 bridgehead atoms. The highest BCUT2D eigenvalue weighted by Crippen LogP contribution is 2.24. The van der Waals surface area contributed by atoms with E-state index in [0.717, 1.165) is 16.1 Å². The van der Waals surface area contributed by atoms with Crippen molar-refractivity contribution in [3.05, 3.63) is 66.2 Å². The van der Waals surface area contributed by atoms with Crippen molar-refractivity contribution in [3.8, 4) is 22.0 Å². The summed E-state index contributed by atoms with van der Waals surface area (Å²) in [6, 6.07) is 18.5. The van der Waals surface area contributed by atoms with Gasteiger partial charge in [0, 0.05) is 5.56 Å². The lowest BCUT2D eigenvalue weighted by atomic mass is 10.1. The lowest BCUT2D eigenvalue weighted by Gasteiger charge is -2.03. The molecular formula is C17H11N3S. The van der Waals surface area contributed by atoms with E-state index in [-0.39, 0.29) is 0 Å². The summed E-state index contributed by atoms with van der Waals surface area (Å²) in [5.41, 5.74) is 1.83. The fraction of sp³-hybridized carbons (Fsp3) is 0. The van der Waals surface area contributed by atoms with E-state index in [1.807, 2.05) is 29.6 Å². The van der Waals surface area contributed by atoms with E-state index in [2.05, 4.69) is 45.5 Å². The molecule has 0 unspecified atom stereocenters. The second kappa shape index (κ2) is 5.07. The largest absolute Gasteiger partial charge is 0.232 e. The normalized spacial score (nSPS) is 10.9. The van der Waals surface area contributed by atoms with Gasteiger partial charge in [0.25, 0.3) is 0 Å². The van der Waals surface area contributed by atoms with Gasteiger partial charge < -0.3 is 0 Å². The van der Waals surface area contributed by atoms with Gasteiger partial charge in [-0.05, 0) is 28.3 Å². The zero-order chi connectivity index (χ0) is 14.1. The second-order valence-corrected chi connectivity index (χ2v) is 5.65. The third-order valence-corrected chi connectivity index (χ3v) is 4.21. The van der Waals surface area contributed by atoms with Crippen LogP contribution in [0.3, 0.4) is 0 Å². The van der Waals surface area contributed by atoms with Crippen LogP contribution in [0.15, 0.2) is 66.2 Å². The van der Waals surface area contributed by atoms with Crippen molar-refractivity contribution in [2.75, 3.05) is 0 Å². The lowest BCUT2D eigenvalue weighted by molar-refractivity contribution is 0.991. The maximum atomic E-state index is 4.41. The van der Waals surface area contributed by atoms with Gasteiger partial charge in [0.2, 0.25) is 0 Å². The zero-order valence-electron chi connectivity index (χ0n) is 11.1. The van der Waals surface area contributed by atoms with Crippen molar-refractivity contribution in [1.29, 1.82) is 0 Å². The summed E-state index contributed by atoms with van der Waals surface area (Å²) in [5.74, 6) is 0.675. The van der Waals surface area contributed by atoms with E-state index in [4.69, 9.17) is 0 Å². The van der Waals surface area contributed by atoms with Crippen molar-refractivity contribution >= 4 is 22.1 Å². The fourth-order valence-corrected chi connectivity index (χ4v) is 2.93. The van der Waals surface area contributed by atoms with E-state index in [0.29, 0.717) is 5.82 Å². The summed E-state index contributed by atoms with van der Waals surface area (Å²) in [5, 5.41) is 13.0. The fourth-order valence-electron chi connectivity index (χ4n) is 2.27. The third kappa shape index (κ3) is 2.30. The summed E-state index contributed by atoms with van der Waals surface area (Å²) >= 11 is 1.61.